The highest BCUT2D eigenvalue weighted by atomic mass is 127. The third-order valence-electron chi connectivity index (χ3n) is 4.70. The van der Waals surface area contributed by atoms with Crippen LogP contribution >= 0.6 is 56.9 Å². The molecule has 1 heterocycles. The zero-order valence-corrected chi connectivity index (χ0v) is 21.8. The second-order valence-electron chi connectivity index (χ2n) is 6.83. The Hall–Kier alpha value is -1.67. The van der Waals surface area contributed by atoms with Crippen molar-refractivity contribution in [2.24, 2.45) is 0 Å². The van der Waals surface area contributed by atoms with Gasteiger partial charge < -0.3 is 4.74 Å². The van der Waals surface area contributed by atoms with Crippen molar-refractivity contribution in [1.82, 2.24) is 4.90 Å². The van der Waals surface area contributed by atoms with Crippen LogP contribution in [0.2, 0.25) is 0 Å². The number of non-ortho nitro benzene ring substituents is 1. The van der Waals surface area contributed by atoms with Crippen molar-refractivity contribution in [3.05, 3.63) is 69.7 Å². The number of thioether (sulfide) groups is 1. The summed E-state index contributed by atoms with van der Waals surface area (Å²) < 4.78 is 7.66. The average Bonchev–Trinajstić information content (AvgIpc) is 3.00. The quantitative estimate of drug-likeness (QED) is 0.151. The Morgan fingerprint density at radius 1 is 1.19 bits per heavy atom. The summed E-state index contributed by atoms with van der Waals surface area (Å²) in [5.74, 6) is 0.442. The number of nitro benzene ring substituents is 1. The van der Waals surface area contributed by atoms with E-state index in [-0.39, 0.29) is 29.5 Å². The van der Waals surface area contributed by atoms with Crippen LogP contribution in [0.1, 0.15) is 31.4 Å². The van der Waals surface area contributed by atoms with Crippen LogP contribution in [-0.2, 0) is 11.4 Å². The minimum absolute atomic E-state index is 0.0370. The number of nitrogens with zero attached hydrogens (tertiary/aromatic N) is 2. The molecule has 0 N–H and O–H groups in total. The van der Waals surface area contributed by atoms with Gasteiger partial charge in [0.15, 0.2) is 0 Å². The number of amides is 2. The van der Waals surface area contributed by atoms with E-state index in [0.717, 1.165) is 30.0 Å². The molecule has 0 unspecified atom stereocenters. The molecule has 0 spiro atoms. The second-order valence-corrected chi connectivity index (χ2v) is 10.2. The topological polar surface area (TPSA) is 89.8 Å². The van der Waals surface area contributed by atoms with Crippen molar-refractivity contribution >= 4 is 79.9 Å². The highest BCUT2D eigenvalue weighted by Gasteiger charge is 2.37. The van der Waals surface area contributed by atoms with Crippen LogP contribution in [0.25, 0.3) is 6.08 Å². The summed E-state index contributed by atoms with van der Waals surface area (Å²) >= 11 is 5.30. The van der Waals surface area contributed by atoms with Crippen molar-refractivity contribution in [3.63, 3.8) is 0 Å². The molecular formula is C21H18I2N2O5S. The molecule has 0 radical (unpaired) electrons. The van der Waals surface area contributed by atoms with E-state index in [2.05, 4.69) is 45.2 Å². The number of nitro groups is 1. The largest absolute Gasteiger partial charge is 0.487 e. The molecule has 1 atom stereocenters. The molecule has 1 aliphatic rings. The lowest BCUT2D eigenvalue weighted by Crippen LogP contribution is -2.36. The first-order valence-corrected chi connectivity index (χ1v) is 12.3. The van der Waals surface area contributed by atoms with E-state index in [4.69, 9.17) is 4.74 Å². The molecule has 1 fully saturated rings. The highest BCUT2D eigenvalue weighted by Crippen LogP contribution is 2.36. The van der Waals surface area contributed by atoms with Crippen LogP contribution in [0.15, 0.2) is 41.3 Å². The summed E-state index contributed by atoms with van der Waals surface area (Å²) in [7, 11) is 0. The van der Waals surface area contributed by atoms with Crippen molar-refractivity contribution in [2.45, 2.75) is 32.9 Å². The zero-order chi connectivity index (χ0) is 22.7. The van der Waals surface area contributed by atoms with E-state index < -0.39 is 4.92 Å². The lowest BCUT2D eigenvalue weighted by molar-refractivity contribution is -0.384. The van der Waals surface area contributed by atoms with E-state index in [1.54, 1.807) is 18.2 Å². The van der Waals surface area contributed by atoms with Gasteiger partial charge in [-0.1, -0.05) is 6.92 Å². The number of halogens is 2. The summed E-state index contributed by atoms with van der Waals surface area (Å²) in [6.07, 6.45) is 2.44. The first kappa shape index (κ1) is 24.0. The summed E-state index contributed by atoms with van der Waals surface area (Å²) in [6, 6.07) is 9.89. The predicted octanol–water partition coefficient (Wildman–Crippen LogP) is 6.22. The maximum absolute atomic E-state index is 12.6. The molecule has 1 aliphatic heterocycles. The summed E-state index contributed by atoms with van der Waals surface area (Å²) in [5.41, 5.74) is 1.67. The van der Waals surface area contributed by atoms with Crippen LogP contribution in [-0.4, -0.2) is 27.0 Å². The SMILES string of the molecule is CC[C@H](C)N1C(=O)S/C(=C/c2cc(I)c(OCc3ccc([N+](=O)[O-])cc3)c(I)c2)C1=O. The van der Waals surface area contributed by atoms with Crippen LogP contribution in [0, 0.1) is 17.3 Å². The number of hydrogen-bond donors (Lipinski definition) is 0. The molecule has 0 bridgehead atoms. The molecule has 0 saturated carbocycles. The van der Waals surface area contributed by atoms with Gasteiger partial charge in [0.05, 0.1) is 17.0 Å². The van der Waals surface area contributed by atoms with E-state index in [9.17, 15) is 19.7 Å². The van der Waals surface area contributed by atoms with Crippen molar-refractivity contribution in [2.75, 3.05) is 0 Å². The van der Waals surface area contributed by atoms with Gasteiger partial charge in [-0.15, -0.1) is 0 Å². The first-order chi connectivity index (χ1) is 14.7. The fourth-order valence-corrected chi connectivity index (χ4v) is 5.92. The Kier molecular flexibility index (Phi) is 7.97. The van der Waals surface area contributed by atoms with Crippen LogP contribution in [0.4, 0.5) is 10.5 Å². The van der Waals surface area contributed by atoms with Gasteiger partial charge in [-0.25, -0.2) is 0 Å². The predicted molar refractivity (Wildman–Crippen MR) is 137 cm³/mol. The van der Waals surface area contributed by atoms with Crippen LogP contribution in [0.5, 0.6) is 5.75 Å². The molecule has 1 saturated heterocycles. The first-order valence-electron chi connectivity index (χ1n) is 9.33. The molecule has 0 aliphatic carbocycles. The third-order valence-corrected chi connectivity index (χ3v) is 7.19. The van der Waals surface area contributed by atoms with Crippen molar-refractivity contribution in [1.29, 1.82) is 0 Å². The van der Waals surface area contributed by atoms with E-state index >= 15 is 0 Å². The molecule has 10 heteroatoms. The van der Waals surface area contributed by atoms with Gasteiger partial charge in [0.25, 0.3) is 16.8 Å². The number of carbonyl (C=O) groups excluding carboxylic acids is 2. The lowest BCUT2D eigenvalue weighted by Gasteiger charge is -2.19. The maximum atomic E-state index is 12.6. The van der Waals surface area contributed by atoms with Gasteiger partial charge in [-0.05, 0) is 112 Å². The molecule has 0 aromatic heterocycles. The molecule has 2 aromatic rings. The van der Waals surface area contributed by atoms with Gasteiger partial charge in [0, 0.05) is 18.2 Å². The average molecular weight is 664 g/mol. The third kappa shape index (κ3) is 5.58. The van der Waals surface area contributed by atoms with E-state index in [1.807, 2.05) is 26.0 Å². The van der Waals surface area contributed by atoms with Crippen LogP contribution < -0.4 is 4.74 Å². The summed E-state index contributed by atoms with van der Waals surface area (Å²) in [4.78, 5) is 36.9. The molecular weight excluding hydrogens is 646 g/mol. The molecule has 2 amide bonds. The number of imide groups is 1. The molecule has 2 aromatic carbocycles. The minimum atomic E-state index is -0.438. The summed E-state index contributed by atoms with van der Waals surface area (Å²) in [5, 5.41) is 10.5. The number of hydrogen-bond acceptors (Lipinski definition) is 6. The fraction of sp³-hybridized carbons (Fsp3) is 0.238. The fourth-order valence-electron chi connectivity index (χ4n) is 2.86. The standard InChI is InChI=1S/C21H18I2N2O5S/c1-3-12(2)24-20(26)18(31-21(24)27)10-14-8-16(22)19(17(23)9-14)30-11-13-4-6-15(7-5-13)25(28)29/h4-10,12H,3,11H2,1-2H3/b18-10+/t12-/m0/s1. The number of ether oxygens (including phenoxy) is 1. The molecule has 31 heavy (non-hydrogen) atoms. The van der Waals surface area contributed by atoms with E-state index in [1.165, 1.54) is 17.0 Å². The number of benzene rings is 2. The smallest absolute Gasteiger partial charge is 0.293 e. The lowest BCUT2D eigenvalue weighted by atomic mass is 10.2. The van der Waals surface area contributed by atoms with Crippen LogP contribution in [0.3, 0.4) is 0 Å². The van der Waals surface area contributed by atoms with Gasteiger partial charge in [-0.2, -0.15) is 0 Å². The van der Waals surface area contributed by atoms with Gasteiger partial charge in [-0.3, -0.25) is 24.6 Å². The Labute approximate surface area is 211 Å². The number of carbonyl (C=O) groups is 2. The minimum Gasteiger partial charge on any atom is -0.487 e. The van der Waals surface area contributed by atoms with Gasteiger partial charge in [0.2, 0.25) is 0 Å². The Bertz CT molecular complexity index is 1050. The van der Waals surface area contributed by atoms with E-state index in [0.29, 0.717) is 17.1 Å². The van der Waals surface area contributed by atoms with Crippen molar-refractivity contribution in [3.8, 4) is 5.75 Å². The molecule has 3 rings (SSSR count). The van der Waals surface area contributed by atoms with Gasteiger partial charge in [0.1, 0.15) is 12.4 Å². The normalized spacial score (nSPS) is 16.1. The van der Waals surface area contributed by atoms with Gasteiger partial charge >= 0.3 is 0 Å². The highest BCUT2D eigenvalue weighted by molar-refractivity contribution is 14.1. The zero-order valence-electron chi connectivity index (χ0n) is 16.6. The number of rotatable bonds is 7. The molecule has 7 nitrogen and oxygen atoms in total. The monoisotopic (exact) mass is 664 g/mol. The molecule has 162 valence electrons. The Morgan fingerprint density at radius 2 is 1.81 bits per heavy atom. The second kappa shape index (κ2) is 10.3. The Morgan fingerprint density at radius 3 is 2.35 bits per heavy atom. The van der Waals surface area contributed by atoms with Crippen molar-refractivity contribution < 1.29 is 19.2 Å². The summed E-state index contributed by atoms with van der Waals surface area (Å²) in [6.45, 7) is 4.08. The maximum Gasteiger partial charge on any atom is 0.293 e. The Balaban J connectivity index is 1.76.